The summed E-state index contributed by atoms with van der Waals surface area (Å²) < 4.78 is 0. The summed E-state index contributed by atoms with van der Waals surface area (Å²) in [5.74, 6) is 1.17. The van der Waals surface area contributed by atoms with Gasteiger partial charge in [-0.3, -0.25) is 0 Å². The molecule has 6 nitrogen and oxygen atoms in total. The van der Waals surface area contributed by atoms with Crippen molar-refractivity contribution >= 4 is 29.0 Å². The van der Waals surface area contributed by atoms with Gasteiger partial charge in [-0.15, -0.1) is 0 Å². The number of hydrogen-bond acceptors (Lipinski definition) is 5. The van der Waals surface area contributed by atoms with Crippen molar-refractivity contribution in [3.8, 4) is 0 Å². The Morgan fingerprint density at radius 2 is 1.81 bits per heavy atom. The molecule has 0 unspecified atom stereocenters. The third-order valence-electron chi connectivity index (χ3n) is 4.13. The lowest BCUT2D eigenvalue weighted by molar-refractivity contribution is 0.0697. The maximum atomic E-state index is 11.0. The van der Waals surface area contributed by atoms with Gasteiger partial charge in [-0.2, -0.15) is 0 Å². The number of hydrogen-bond donors (Lipinski definition) is 2. The number of carbonyl (C=O) groups is 1. The number of benzene rings is 2. The Balaban J connectivity index is 1.90. The van der Waals surface area contributed by atoms with Crippen LogP contribution in [0.2, 0.25) is 0 Å². The smallest absolute Gasteiger partial charge is 0.335 e. The van der Waals surface area contributed by atoms with E-state index in [1.54, 1.807) is 24.3 Å². The molecule has 0 spiro atoms. The van der Waals surface area contributed by atoms with Gasteiger partial charge in [0, 0.05) is 24.0 Å². The molecular weight excluding hydrogens is 340 g/mol. The van der Waals surface area contributed by atoms with Crippen molar-refractivity contribution in [2.24, 2.45) is 0 Å². The summed E-state index contributed by atoms with van der Waals surface area (Å²) in [6, 6.07) is 16.7. The van der Waals surface area contributed by atoms with E-state index in [4.69, 9.17) is 5.11 Å². The second kappa shape index (κ2) is 7.86. The summed E-state index contributed by atoms with van der Waals surface area (Å²) in [6.45, 7) is 6.77. The molecule has 0 aliphatic heterocycles. The van der Waals surface area contributed by atoms with Crippen molar-refractivity contribution in [2.75, 3.05) is 16.8 Å². The normalized spacial score (nSPS) is 10.5. The maximum absolute atomic E-state index is 11.0. The molecule has 0 aliphatic carbocycles. The summed E-state index contributed by atoms with van der Waals surface area (Å²) in [7, 11) is 0. The molecule has 3 rings (SSSR count). The Hall–Kier alpha value is -3.41. The molecule has 0 aliphatic rings. The Morgan fingerprint density at radius 1 is 1.07 bits per heavy atom. The lowest BCUT2D eigenvalue weighted by atomic mass is 10.2. The number of nitrogens with zero attached hydrogens (tertiary/aromatic N) is 3. The van der Waals surface area contributed by atoms with Gasteiger partial charge in [0.15, 0.2) is 0 Å². The van der Waals surface area contributed by atoms with E-state index in [1.807, 2.05) is 19.1 Å². The average molecular weight is 362 g/mol. The highest BCUT2D eigenvalue weighted by molar-refractivity contribution is 5.88. The molecule has 0 radical (unpaired) electrons. The number of nitrogens with one attached hydrogen (secondary N) is 1. The van der Waals surface area contributed by atoms with Crippen molar-refractivity contribution in [1.82, 2.24) is 9.97 Å². The average Bonchev–Trinajstić information content (AvgIpc) is 2.62. The van der Waals surface area contributed by atoms with E-state index in [9.17, 15) is 4.79 Å². The molecule has 0 saturated carbocycles. The van der Waals surface area contributed by atoms with E-state index in [0.29, 0.717) is 11.6 Å². The molecule has 1 aromatic heterocycles. The van der Waals surface area contributed by atoms with Crippen LogP contribution in [0.3, 0.4) is 0 Å². The molecule has 0 fully saturated rings. The van der Waals surface area contributed by atoms with E-state index < -0.39 is 5.97 Å². The second-order valence-electron chi connectivity index (χ2n) is 6.25. The van der Waals surface area contributed by atoms with E-state index in [0.717, 1.165) is 23.7 Å². The minimum atomic E-state index is -0.946. The van der Waals surface area contributed by atoms with Gasteiger partial charge in [-0.25, -0.2) is 14.8 Å². The van der Waals surface area contributed by atoms with E-state index in [-0.39, 0.29) is 5.56 Å². The quantitative estimate of drug-likeness (QED) is 0.662. The number of anilines is 4. The van der Waals surface area contributed by atoms with Crippen LogP contribution in [-0.2, 0) is 0 Å². The summed E-state index contributed by atoms with van der Waals surface area (Å²) >= 11 is 0. The molecular formula is C21H22N4O2. The van der Waals surface area contributed by atoms with Gasteiger partial charge in [0.2, 0.25) is 0 Å². The molecule has 2 aromatic carbocycles. The number of aromatic carboxylic acids is 1. The first-order valence-electron chi connectivity index (χ1n) is 8.76. The molecule has 27 heavy (non-hydrogen) atoms. The van der Waals surface area contributed by atoms with Crippen molar-refractivity contribution in [2.45, 2.75) is 20.8 Å². The lowest BCUT2D eigenvalue weighted by Crippen LogP contribution is -2.18. The molecule has 0 saturated heterocycles. The number of rotatable bonds is 6. The Kier molecular flexibility index (Phi) is 5.35. The zero-order valence-corrected chi connectivity index (χ0v) is 15.6. The number of carboxylic acid groups (broad SMARTS) is 1. The minimum Gasteiger partial charge on any atom is -0.478 e. The van der Waals surface area contributed by atoms with Crippen molar-refractivity contribution in [3.05, 3.63) is 71.5 Å². The Morgan fingerprint density at radius 3 is 2.44 bits per heavy atom. The van der Waals surface area contributed by atoms with Gasteiger partial charge >= 0.3 is 5.97 Å². The zero-order chi connectivity index (χ0) is 19.4. The Bertz CT molecular complexity index is 955. The molecule has 0 amide bonds. The second-order valence-corrected chi connectivity index (χ2v) is 6.25. The summed E-state index contributed by atoms with van der Waals surface area (Å²) in [5.41, 5.74) is 3.28. The first-order valence-corrected chi connectivity index (χ1v) is 8.76. The van der Waals surface area contributed by atoms with Gasteiger partial charge in [0.25, 0.3) is 0 Å². The van der Waals surface area contributed by atoms with E-state index >= 15 is 0 Å². The fourth-order valence-corrected chi connectivity index (χ4v) is 2.87. The maximum Gasteiger partial charge on any atom is 0.335 e. The SMILES string of the molecule is CCN(c1cccc(C)c1)c1cc(Nc2ccc(C(=O)O)cc2)nc(C)n1. The molecule has 0 atom stereocenters. The predicted molar refractivity (Wildman–Crippen MR) is 107 cm³/mol. The fourth-order valence-electron chi connectivity index (χ4n) is 2.87. The van der Waals surface area contributed by atoms with Crippen molar-refractivity contribution in [1.29, 1.82) is 0 Å². The van der Waals surface area contributed by atoms with Crippen LogP contribution in [0.4, 0.5) is 23.0 Å². The fraction of sp³-hybridized carbons (Fsp3) is 0.190. The van der Waals surface area contributed by atoms with Crippen molar-refractivity contribution < 1.29 is 9.90 Å². The number of aryl methyl sites for hydroxylation is 2. The largest absolute Gasteiger partial charge is 0.478 e. The van der Waals surface area contributed by atoms with Crippen LogP contribution < -0.4 is 10.2 Å². The zero-order valence-electron chi connectivity index (χ0n) is 15.6. The lowest BCUT2D eigenvalue weighted by Gasteiger charge is -2.23. The van der Waals surface area contributed by atoms with E-state index in [1.165, 1.54) is 5.56 Å². The highest BCUT2D eigenvalue weighted by atomic mass is 16.4. The molecule has 138 valence electrons. The van der Waals surface area contributed by atoms with Crippen LogP contribution in [0.5, 0.6) is 0 Å². The van der Waals surface area contributed by atoms with Crippen molar-refractivity contribution in [3.63, 3.8) is 0 Å². The van der Waals surface area contributed by atoms with Crippen LogP contribution in [0.1, 0.15) is 28.7 Å². The number of aromatic nitrogens is 2. The van der Waals surface area contributed by atoms with Crippen LogP contribution in [0, 0.1) is 13.8 Å². The van der Waals surface area contributed by atoms with Crippen LogP contribution in [0.15, 0.2) is 54.6 Å². The van der Waals surface area contributed by atoms with Crippen LogP contribution >= 0.6 is 0 Å². The minimum absolute atomic E-state index is 0.247. The van der Waals surface area contributed by atoms with Gasteiger partial charge in [0.05, 0.1) is 5.56 Å². The predicted octanol–water partition coefficient (Wildman–Crippen LogP) is 4.69. The van der Waals surface area contributed by atoms with Crippen LogP contribution in [0.25, 0.3) is 0 Å². The topological polar surface area (TPSA) is 78.4 Å². The van der Waals surface area contributed by atoms with E-state index in [2.05, 4.69) is 52.2 Å². The van der Waals surface area contributed by atoms with Gasteiger partial charge in [0.1, 0.15) is 17.5 Å². The first-order chi connectivity index (χ1) is 13.0. The highest BCUT2D eigenvalue weighted by Crippen LogP contribution is 2.27. The standard InChI is InChI=1S/C21H22N4O2/c1-4-25(18-7-5-6-14(2)12-18)20-13-19(22-15(3)23-20)24-17-10-8-16(9-11-17)21(26)27/h5-13H,4H2,1-3H3,(H,26,27)(H,22,23,24). The third kappa shape index (κ3) is 4.41. The molecule has 1 heterocycles. The monoisotopic (exact) mass is 362 g/mol. The summed E-state index contributed by atoms with van der Waals surface area (Å²) in [6.07, 6.45) is 0. The molecule has 3 aromatic rings. The number of carboxylic acids is 1. The van der Waals surface area contributed by atoms with Gasteiger partial charge < -0.3 is 15.3 Å². The summed E-state index contributed by atoms with van der Waals surface area (Å²) in [4.78, 5) is 22.1. The molecule has 2 N–H and O–H groups in total. The van der Waals surface area contributed by atoms with Gasteiger partial charge in [-0.1, -0.05) is 12.1 Å². The molecule has 0 bridgehead atoms. The molecule has 6 heteroatoms. The van der Waals surface area contributed by atoms with Crippen LogP contribution in [-0.4, -0.2) is 27.6 Å². The Labute approximate surface area is 158 Å². The highest BCUT2D eigenvalue weighted by Gasteiger charge is 2.12. The van der Waals surface area contributed by atoms with Gasteiger partial charge in [-0.05, 0) is 62.7 Å². The first kappa shape index (κ1) is 18.4. The summed E-state index contributed by atoms with van der Waals surface area (Å²) in [5, 5.41) is 12.2. The third-order valence-corrected chi connectivity index (χ3v) is 4.13.